The molecular weight excluding hydrogens is 392 g/mol. The number of nitrogens with zero attached hydrogens (tertiary/aromatic N) is 4. The molecule has 8 nitrogen and oxygen atoms in total. The van der Waals surface area contributed by atoms with E-state index in [1.54, 1.807) is 11.6 Å². The molecule has 29 heavy (non-hydrogen) atoms. The highest BCUT2D eigenvalue weighted by Crippen LogP contribution is 2.23. The molecule has 1 unspecified atom stereocenters. The van der Waals surface area contributed by atoms with E-state index in [9.17, 15) is 14.7 Å². The van der Waals surface area contributed by atoms with Crippen LogP contribution < -0.4 is 16.0 Å². The van der Waals surface area contributed by atoms with Gasteiger partial charge in [0.1, 0.15) is 18.5 Å². The standard InChI is InChI=1S/C20H26N4O4S/c1-5-10-29-19-21-17-16(18(26)23(4)20(27)22(17)3)24(19)11-14(25)12-28-15-8-6-13(2)7-9-15/h6-9,14,25H,5,10-12H2,1-4H3. The number of aryl methyl sites for hydroxylation is 2. The smallest absolute Gasteiger partial charge is 0.332 e. The summed E-state index contributed by atoms with van der Waals surface area (Å²) in [5, 5.41) is 11.2. The van der Waals surface area contributed by atoms with Gasteiger partial charge in [-0.25, -0.2) is 9.78 Å². The summed E-state index contributed by atoms with van der Waals surface area (Å²) >= 11 is 1.50. The average Bonchev–Trinajstić information content (AvgIpc) is 3.07. The first-order valence-electron chi connectivity index (χ1n) is 9.50. The second kappa shape index (κ2) is 8.87. The summed E-state index contributed by atoms with van der Waals surface area (Å²) < 4.78 is 9.79. The number of hydrogen-bond acceptors (Lipinski definition) is 6. The lowest BCUT2D eigenvalue weighted by molar-refractivity contribution is 0.0913. The molecule has 0 aliphatic carbocycles. The molecule has 0 amide bonds. The molecule has 9 heteroatoms. The molecule has 3 rings (SSSR count). The van der Waals surface area contributed by atoms with Crippen molar-refractivity contribution in [2.45, 2.75) is 38.1 Å². The monoisotopic (exact) mass is 418 g/mol. The van der Waals surface area contributed by atoms with Crippen LogP contribution in [0.25, 0.3) is 11.2 Å². The molecule has 0 bridgehead atoms. The number of rotatable bonds is 8. The lowest BCUT2D eigenvalue weighted by Gasteiger charge is -2.15. The molecule has 1 aromatic carbocycles. The van der Waals surface area contributed by atoms with Gasteiger partial charge in [-0.3, -0.25) is 13.9 Å². The largest absolute Gasteiger partial charge is 0.491 e. The van der Waals surface area contributed by atoms with Gasteiger partial charge in [0.25, 0.3) is 5.56 Å². The Morgan fingerprint density at radius 1 is 1.17 bits per heavy atom. The fraction of sp³-hybridized carbons (Fsp3) is 0.450. The quantitative estimate of drug-likeness (QED) is 0.560. The lowest BCUT2D eigenvalue weighted by atomic mass is 10.2. The highest BCUT2D eigenvalue weighted by Gasteiger charge is 2.21. The number of aliphatic hydroxyl groups excluding tert-OH is 1. The molecule has 0 saturated carbocycles. The average molecular weight is 419 g/mol. The van der Waals surface area contributed by atoms with Crippen LogP contribution >= 0.6 is 11.8 Å². The van der Waals surface area contributed by atoms with Gasteiger partial charge < -0.3 is 14.4 Å². The van der Waals surface area contributed by atoms with Gasteiger partial charge >= 0.3 is 5.69 Å². The maximum atomic E-state index is 12.8. The van der Waals surface area contributed by atoms with Gasteiger partial charge in [0.15, 0.2) is 16.3 Å². The molecule has 3 aromatic rings. The lowest BCUT2D eigenvalue weighted by Crippen LogP contribution is -2.38. The Balaban J connectivity index is 1.92. The van der Waals surface area contributed by atoms with E-state index in [4.69, 9.17) is 4.74 Å². The SMILES string of the molecule is CCCSc1nc2c(c(=O)n(C)c(=O)n2C)n1CC(O)COc1ccc(C)cc1. The maximum Gasteiger partial charge on any atom is 0.332 e. The summed E-state index contributed by atoms with van der Waals surface area (Å²) in [5.74, 6) is 1.48. The normalized spacial score (nSPS) is 12.4. The third kappa shape index (κ3) is 4.40. The van der Waals surface area contributed by atoms with E-state index < -0.39 is 17.4 Å². The van der Waals surface area contributed by atoms with Crippen molar-refractivity contribution in [1.29, 1.82) is 0 Å². The van der Waals surface area contributed by atoms with E-state index in [1.165, 1.54) is 23.4 Å². The molecule has 0 fully saturated rings. The Labute approximate surface area is 172 Å². The van der Waals surface area contributed by atoms with Crippen LogP contribution in [0.15, 0.2) is 39.0 Å². The minimum absolute atomic E-state index is 0.0761. The number of benzene rings is 1. The summed E-state index contributed by atoms with van der Waals surface area (Å²) in [6.45, 7) is 4.26. The third-order valence-corrected chi connectivity index (χ3v) is 5.79. The molecule has 0 aliphatic rings. The summed E-state index contributed by atoms with van der Waals surface area (Å²) in [4.78, 5) is 29.5. The number of hydrogen-bond donors (Lipinski definition) is 1. The van der Waals surface area contributed by atoms with Crippen LogP contribution in [0.2, 0.25) is 0 Å². The molecular formula is C20H26N4O4S. The van der Waals surface area contributed by atoms with E-state index in [0.717, 1.165) is 22.3 Å². The minimum atomic E-state index is -0.850. The fourth-order valence-electron chi connectivity index (χ4n) is 2.99. The topological polar surface area (TPSA) is 91.3 Å². The van der Waals surface area contributed by atoms with Crippen LogP contribution in [0.4, 0.5) is 0 Å². The van der Waals surface area contributed by atoms with Crippen LogP contribution in [0.3, 0.4) is 0 Å². The number of ether oxygens (including phenoxy) is 1. The Morgan fingerprint density at radius 3 is 2.52 bits per heavy atom. The molecule has 156 valence electrons. The first-order chi connectivity index (χ1) is 13.8. The zero-order chi connectivity index (χ0) is 21.1. The van der Waals surface area contributed by atoms with Crippen molar-refractivity contribution in [2.24, 2.45) is 14.1 Å². The van der Waals surface area contributed by atoms with Crippen molar-refractivity contribution in [2.75, 3.05) is 12.4 Å². The van der Waals surface area contributed by atoms with E-state index in [1.807, 2.05) is 31.2 Å². The number of aromatic nitrogens is 4. The highest BCUT2D eigenvalue weighted by molar-refractivity contribution is 7.99. The van der Waals surface area contributed by atoms with Gasteiger partial charge in [-0.2, -0.15) is 0 Å². The van der Waals surface area contributed by atoms with Gasteiger partial charge in [-0.1, -0.05) is 36.4 Å². The molecule has 2 aromatic heterocycles. The highest BCUT2D eigenvalue weighted by atomic mass is 32.2. The zero-order valence-corrected chi connectivity index (χ0v) is 17.9. The minimum Gasteiger partial charge on any atom is -0.491 e. The molecule has 1 N–H and O–H groups in total. The van der Waals surface area contributed by atoms with Crippen LogP contribution in [-0.2, 0) is 20.6 Å². The van der Waals surface area contributed by atoms with Gasteiger partial charge in [0.2, 0.25) is 0 Å². The molecule has 0 saturated heterocycles. The summed E-state index contributed by atoms with van der Waals surface area (Å²) in [7, 11) is 3.03. The Kier molecular flexibility index (Phi) is 6.49. The van der Waals surface area contributed by atoms with E-state index in [2.05, 4.69) is 11.9 Å². The zero-order valence-electron chi connectivity index (χ0n) is 17.1. The van der Waals surface area contributed by atoms with Crippen molar-refractivity contribution in [3.05, 3.63) is 50.7 Å². The maximum absolute atomic E-state index is 12.8. The second-order valence-electron chi connectivity index (χ2n) is 7.01. The molecule has 0 spiro atoms. The first kappa shape index (κ1) is 21.2. The second-order valence-corrected chi connectivity index (χ2v) is 8.07. The van der Waals surface area contributed by atoms with Gasteiger partial charge in [0.05, 0.1) is 6.54 Å². The summed E-state index contributed by atoms with van der Waals surface area (Å²) in [6.07, 6.45) is 0.0841. The van der Waals surface area contributed by atoms with E-state index >= 15 is 0 Å². The number of fused-ring (bicyclic) bond motifs is 1. The summed E-state index contributed by atoms with van der Waals surface area (Å²) in [6, 6.07) is 7.58. The number of imidazole rings is 1. The Morgan fingerprint density at radius 2 is 1.86 bits per heavy atom. The van der Waals surface area contributed by atoms with Crippen molar-refractivity contribution in [3.8, 4) is 5.75 Å². The predicted octanol–water partition coefficient (Wildman–Crippen LogP) is 1.68. The van der Waals surface area contributed by atoms with Crippen molar-refractivity contribution in [3.63, 3.8) is 0 Å². The van der Waals surface area contributed by atoms with Crippen molar-refractivity contribution < 1.29 is 9.84 Å². The van der Waals surface area contributed by atoms with Crippen LogP contribution in [0, 0.1) is 6.92 Å². The molecule has 2 heterocycles. The van der Waals surface area contributed by atoms with Crippen molar-refractivity contribution >= 4 is 22.9 Å². The number of aliphatic hydroxyl groups is 1. The molecule has 0 aliphatic heterocycles. The van der Waals surface area contributed by atoms with Crippen molar-refractivity contribution in [1.82, 2.24) is 18.7 Å². The van der Waals surface area contributed by atoms with E-state index in [-0.39, 0.29) is 13.2 Å². The summed E-state index contributed by atoms with van der Waals surface area (Å²) in [5.41, 5.74) is 0.904. The van der Waals surface area contributed by atoms with Crippen LogP contribution in [0.1, 0.15) is 18.9 Å². The first-order valence-corrected chi connectivity index (χ1v) is 10.5. The van der Waals surface area contributed by atoms with E-state index in [0.29, 0.717) is 22.1 Å². The van der Waals surface area contributed by atoms with Gasteiger partial charge in [-0.15, -0.1) is 0 Å². The Bertz CT molecular complexity index is 1110. The third-order valence-electron chi connectivity index (χ3n) is 4.60. The van der Waals surface area contributed by atoms with Gasteiger partial charge in [0, 0.05) is 19.8 Å². The Hall–Kier alpha value is -2.52. The van der Waals surface area contributed by atoms with Gasteiger partial charge in [-0.05, 0) is 25.5 Å². The van der Waals surface area contributed by atoms with Crippen LogP contribution in [-0.4, -0.2) is 42.3 Å². The fourth-order valence-corrected chi connectivity index (χ4v) is 3.85. The number of thioether (sulfide) groups is 1. The molecule has 1 atom stereocenters. The predicted molar refractivity (Wildman–Crippen MR) is 114 cm³/mol. The molecule has 0 radical (unpaired) electrons. The van der Waals surface area contributed by atoms with Crippen LogP contribution in [0.5, 0.6) is 5.75 Å².